The molecule has 13 heteroatoms. The van der Waals surface area contributed by atoms with Gasteiger partial charge in [-0.3, -0.25) is 14.3 Å². The van der Waals surface area contributed by atoms with Gasteiger partial charge in [-0.05, 0) is 75.8 Å². The number of aliphatic hydroxyl groups is 1. The second kappa shape index (κ2) is 12.0. The van der Waals surface area contributed by atoms with Gasteiger partial charge in [-0.25, -0.2) is 4.39 Å². The largest absolute Gasteiger partial charge is 0.481 e. The van der Waals surface area contributed by atoms with Gasteiger partial charge in [0.05, 0.1) is 45.9 Å². The van der Waals surface area contributed by atoms with E-state index < -0.39 is 65.3 Å². The molecule has 42 heavy (non-hydrogen) atoms. The first-order valence-electron chi connectivity index (χ1n) is 13.9. The van der Waals surface area contributed by atoms with Crippen molar-refractivity contribution in [3.8, 4) is 0 Å². The van der Waals surface area contributed by atoms with Crippen molar-refractivity contribution in [2.45, 2.75) is 96.5 Å². The Kier molecular flexibility index (Phi) is 9.27. The Hall–Kier alpha value is -2.37. The summed E-state index contributed by atoms with van der Waals surface area (Å²) in [7, 11) is 0. The number of halogens is 6. The third kappa shape index (κ3) is 6.73. The minimum atomic E-state index is -4.93. The number of carbonyl (C=O) groups excluding carboxylic acids is 1. The van der Waals surface area contributed by atoms with Crippen LogP contribution in [0.5, 0.6) is 0 Å². The number of hydrogen-bond acceptors (Lipinski definition) is 4. The lowest BCUT2D eigenvalue weighted by molar-refractivity contribution is -0.152. The van der Waals surface area contributed by atoms with Crippen LogP contribution in [-0.4, -0.2) is 49.4 Å². The van der Waals surface area contributed by atoms with E-state index in [2.05, 4.69) is 18.9 Å². The Morgan fingerprint density at radius 2 is 1.62 bits per heavy atom. The maximum absolute atomic E-state index is 14.6. The molecule has 4 rings (SSSR count). The van der Waals surface area contributed by atoms with E-state index >= 15 is 0 Å². The number of nitrogens with zero attached hydrogens (tertiary/aromatic N) is 3. The fourth-order valence-corrected chi connectivity index (χ4v) is 6.89. The number of hydrogen-bond donors (Lipinski definition) is 2. The van der Waals surface area contributed by atoms with Crippen LogP contribution in [-0.2, 0) is 11.0 Å². The van der Waals surface area contributed by atoms with Crippen molar-refractivity contribution >= 4 is 35.1 Å². The van der Waals surface area contributed by atoms with E-state index in [0.29, 0.717) is 25.7 Å². The molecule has 0 spiro atoms. The topological polar surface area (TPSA) is 95.7 Å². The summed E-state index contributed by atoms with van der Waals surface area (Å²) in [4.78, 5) is 26.9. The van der Waals surface area contributed by atoms with Crippen LogP contribution < -0.4 is 0 Å². The number of rotatable bonds is 7. The normalized spacial score (nSPS) is 23.9. The fourth-order valence-electron chi connectivity index (χ4n) is 6.17. The van der Waals surface area contributed by atoms with Crippen LogP contribution in [0.15, 0.2) is 18.3 Å². The Labute approximate surface area is 251 Å². The van der Waals surface area contributed by atoms with Crippen LogP contribution in [0.25, 0.3) is 0 Å². The lowest BCUT2D eigenvalue weighted by Crippen LogP contribution is -2.46. The minimum Gasteiger partial charge on any atom is -0.481 e. The molecule has 0 radical (unpaired) electrons. The molecule has 0 bridgehead atoms. The van der Waals surface area contributed by atoms with E-state index in [0.717, 1.165) is 23.0 Å². The highest BCUT2D eigenvalue weighted by molar-refractivity contribution is 6.36. The average molecular weight is 637 g/mol. The maximum atomic E-state index is 14.6. The number of amides is 1. The van der Waals surface area contributed by atoms with E-state index in [1.807, 2.05) is 0 Å². The number of carbonyl (C=O) groups is 2. The summed E-state index contributed by atoms with van der Waals surface area (Å²) < 4.78 is 58.3. The smallest absolute Gasteiger partial charge is 0.433 e. The molecule has 1 heterocycles. The first-order chi connectivity index (χ1) is 19.4. The van der Waals surface area contributed by atoms with Gasteiger partial charge >= 0.3 is 12.1 Å². The van der Waals surface area contributed by atoms with Gasteiger partial charge in [0.2, 0.25) is 0 Å². The molecule has 1 amide bonds. The summed E-state index contributed by atoms with van der Waals surface area (Å²) in [6, 6.07) is 0.717. The number of alkyl halides is 3. The summed E-state index contributed by atoms with van der Waals surface area (Å²) in [6.07, 6.45) is -2.45. The van der Waals surface area contributed by atoms with E-state index in [9.17, 15) is 37.4 Å². The monoisotopic (exact) mass is 635 g/mol. The molecule has 1 atom stereocenters. The average Bonchev–Trinajstić information content (AvgIpc) is 3.33. The molecule has 2 aliphatic carbocycles. The molecule has 1 aromatic carbocycles. The first kappa shape index (κ1) is 32.5. The molecule has 1 aromatic heterocycles. The molecule has 7 nitrogen and oxygen atoms in total. The second-order valence-corrected chi connectivity index (χ2v) is 13.4. The highest BCUT2D eigenvalue weighted by Gasteiger charge is 2.46. The quantitative estimate of drug-likeness (QED) is 0.304. The zero-order valence-corrected chi connectivity index (χ0v) is 25.2. The molecule has 0 saturated heterocycles. The number of aliphatic hydroxyl groups excluding tert-OH is 1. The fraction of sp³-hybridized carbons (Fsp3) is 0.621. The summed E-state index contributed by atoms with van der Waals surface area (Å²) >= 11 is 12.3. The zero-order chi connectivity index (χ0) is 31.2. The zero-order valence-electron chi connectivity index (χ0n) is 23.6. The van der Waals surface area contributed by atoms with Crippen molar-refractivity contribution in [2.24, 2.45) is 10.8 Å². The molecular formula is C29H35Cl2F4N3O4. The molecular weight excluding hydrogens is 601 g/mol. The van der Waals surface area contributed by atoms with Gasteiger partial charge in [0.1, 0.15) is 5.82 Å². The predicted octanol–water partition coefficient (Wildman–Crippen LogP) is 7.70. The van der Waals surface area contributed by atoms with Gasteiger partial charge in [0.25, 0.3) is 5.91 Å². The van der Waals surface area contributed by atoms with Gasteiger partial charge in [0.15, 0.2) is 5.69 Å². The summed E-state index contributed by atoms with van der Waals surface area (Å²) in [5.74, 6) is -2.67. The molecule has 2 N–H and O–H groups in total. The highest BCUT2D eigenvalue weighted by Crippen LogP contribution is 2.44. The lowest BCUT2D eigenvalue weighted by Gasteiger charge is -2.41. The van der Waals surface area contributed by atoms with Gasteiger partial charge < -0.3 is 15.1 Å². The summed E-state index contributed by atoms with van der Waals surface area (Å²) in [6.45, 7) is 5.31. The van der Waals surface area contributed by atoms with Gasteiger partial charge in [-0.2, -0.15) is 18.3 Å². The van der Waals surface area contributed by atoms with Crippen molar-refractivity contribution in [1.29, 1.82) is 0 Å². The van der Waals surface area contributed by atoms with Crippen LogP contribution in [0.3, 0.4) is 0 Å². The van der Waals surface area contributed by atoms with E-state index in [4.69, 9.17) is 23.2 Å². The number of carboxylic acids is 1. The molecule has 2 aliphatic rings. The van der Waals surface area contributed by atoms with E-state index in [1.165, 1.54) is 4.90 Å². The van der Waals surface area contributed by atoms with Crippen molar-refractivity contribution in [1.82, 2.24) is 14.7 Å². The van der Waals surface area contributed by atoms with E-state index in [1.54, 1.807) is 6.92 Å². The highest BCUT2D eigenvalue weighted by atomic mass is 35.5. The minimum absolute atomic E-state index is 0.0130. The Morgan fingerprint density at radius 1 is 1.07 bits per heavy atom. The van der Waals surface area contributed by atoms with Crippen LogP contribution in [0, 0.1) is 16.6 Å². The standard InChI is InChI=1S/C29H35Cl2F4N3O4/c1-27(2)8-4-17(5-9-27)37(15-22(39)23-20(30)12-16(32)13-21(23)31)25(40)19-14-36-38(24(19)29(33,34)35)18-6-10-28(3,11-7-18)26(41)42/h12-14,17-18,22,39H,4-11,15H2,1-3H3,(H,41,42)/t18?,22-,28?/m1/s1. The molecule has 2 saturated carbocycles. The van der Waals surface area contributed by atoms with Gasteiger partial charge in [-0.1, -0.05) is 37.0 Å². The molecule has 0 aliphatic heterocycles. The molecule has 2 fully saturated rings. The second-order valence-electron chi connectivity index (χ2n) is 12.6. The lowest BCUT2D eigenvalue weighted by atomic mass is 9.74. The van der Waals surface area contributed by atoms with Crippen LogP contribution >= 0.6 is 23.2 Å². The van der Waals surface area contributed by atoms with Crippen LogP contribution in [0.2, 0.25) is 10.0 Å². The van der Waals surface area contributed by atoms with E-state index in [-0.39, 0.29) is 46.7 Å². The number of aromatic nitrogens is 2. The van der Waals surface area contributed by atoms with Gasteiger partial charge in [-0.15, -0.1) is 0 Å². The Morgan fingerprint density at radius 3 is 2.12 bits per heavy atom. The predicted molar refractivity (Wildman–Crippen MR) is 149 cm³/mol. The van der Waals surface area contributed by atoms with Crippen LogP contribution in [0.4, 0.5) is 17.6 Å². The summed E-state index contributed by atoms with van der Waals surface area (Å²) in [5.41, 5.74) is -2.93. The third-order valence-corrected chi connectivity index (χ3v) is 9.60. The number of benzene rings is 1. The van der Waals surface area contributed by atoms with Crippen LogP contribution in [0.1, 0.15) is 106 Å². The number of aliphatic carboxylic acids is 1. The third-order valence-electron chi connectivity index (χ3n) is 8.97. The Balaban J connectivity index is 1.70. The van der Waals surface area contributed by atoms with Gasteiger partial charge in [0, 0.05) is 11.6 Å². The Bertz CT molecular complexity index is 1310. The van der Waals surface area contributed by atoms with Crippen molar-refractivity contribution in [3.63, 3.8) is 0 Å². The molecule has 232 valence electrons. The summed E-state index contributed by atoms with van der Waals surface area (Å²) in [5, 5.41) is 24.3. The molecule has 2 aromatic rings. The SMILES string of the molecule is CC1(C)CCC(N(C[C@@H](O)c2c(Cl)cc(F)cc2Cl)C(=O)c2cnn(C3CCC(C)(C(=O)O)CC3)c2C(F)(F)F)CC1. The number of carboxylic acid groups (broad SMARTS) is 1. The first-order valence-corrected chi connectivity index (χ1v) is 14.7. The van der Waals surface area contributed by atoms with Crippen molar-refractivity contribution in [2.75, 3.05) is 6.54 Å². The van der Waals surface area contributed by atoms with Crippen molar-refractivity contribution in [3.05, 3.63) is 51.0 Å². The molecule has 0 unspecified atom stereocenters. The maximum Gasteiger partial charge on any atom is 0.433 e. The van der Waals surface area contributed by atoms with Crippen molar-refractivity contribution < 1.29 is 37.4 Å².